The van der Waals surface area contributed by atoms with Gasteiger partial charge in [0, 0.05) is 29.8 Å². The predicted molar refractivity (Wildman–Crippen MR) is 107 cm³/mol. The van der Waals surface area contributed by atoms with Crippen molar-refractivity contribution in [3.8, 4) is 22.9 Å². The van der Waals surface area contributed by atoms with Gasteiger partial charge in [-0.25, -0.2) is 0 Å². The third-order valence-electron chi connectivity index (χ3n) is 4.49. The number of benzene rings is 2. The minimum absolute atomic E-state index is 0.108. The van der Waals surface area contributed by atoms with Crippen LogP contribution in [0.15, 0.2) is 63.5 Å². The summed E-state index contributed by atoms with van der Waals surface area (Å²) in [5.74, 6) is 1.48. The number of hydrogen-bond donors (Lipinski definition) is 0. The number of nitrogens with zero attached hydrogens (tertiary/aromatic N) is 4. The summed E-state index contributed by atoms with van der Waals surface area (Å²) >= 11 is 0. The summed E-state index contributed by atoms with van der Waals surface area (Å²) < 4.78 is 10.8. The highest BCUT2D eigenvalue weighted by Gasteiger charge is 2.15. The Kier molecular flexibility index (Phi) is 4.95. The zero-order chi connectivity index (χ0) is 20.4. The van der Waals surface area contributed by atoms with E-state index in [0.717, 1.165) is 22.5 Å². The van der Waals surface area contributed by atoms with E-state index in [1.807, 2.05) is 44.2 Å². The molecule has 0 aliphatic rings. The molecule has 2 heterocycles. The minimum atomic E-state index is -0.108. The van der Waals surface area contributed by atoms with E-state index in [-0.39, 0.29) is 5.91 Å². The highest BCUT2D eigenvalue weighted by atomic mass is 16.5. The summed E-state index contributed by atoms with van der Waals surface area (Å²) in [5, 5.41) is 12.2. The molecule has 0 unspecified atom stereocenters. The van der Waals surface area contributed by atoms with Gasteiger partial charge in [0.25, 0.3) is 5.91 Å². The van der Waals surface area contributed by atoms with E-state index in [9.17, 15) is 4.79 Å². The van der Waals surface area contributed by atoms with E-state index in [2.05, 4.69) is 15.4 Å². The molecule has 0 spiro atoms. The van der Waals surface area contributed by atoms with Crippen LogP contribution in [0.2, 0.25) is 0 Å². The van der Waals surface area contributed by atoms with Crippen molar-refractivity contribution in [1.29, 1.82) is 0 Å². The molecule has 29 heavy (non-hydrogen) atoms. The summed E-state index contributed by atoms with van der Waals surface area (Å²) in [5.41, 5.74) is 4.03. The molecule has 0 bridgehead atoms. The molecule has 0 saturated carbocycles. The molecule has 0 radical (unpaired) electrons. The topological polar surface area (TPSA) is 85.3 Å². The number of hydrogen-bond acceptors (Lipinski definition) is 6. The van der Waals surface area contributed by atoms with Crippen LogP contribution >= 0.6 is 0 Å². The van der Waals surface area contributed by atoms with Crippen molar-refractivity contribution < 1.29 is 13.7 Å². The molecule has 0 aliphatic heterocycles. The highest BCUT2D eigenvalue weighted by Crippen LogP contribution is 2.25. The maximum Gasteiger partial charge on any atom is 0.253 e. The van der Waals surface area contributed by atoms with Crippen LogP contribution in [0.25, 0.3) is 22.9 Å². The van der Waals surface area contributed by atoms with Gasteiger partial charge in [-0.1, -0.05) is 22.9 Å². The first-order valence-electron chi connectivity index (χ1n) is 9.18. The quantitative estimate of drug-likeness (QED) is 0.507. The first-order valence-corrected chi connectivity index (χ1v) is 9.18. The van der Waals surface area contributed by atoms with Gasteiger partial charge in [-0.05, 0) is 50.2 Å². The average molecular weight is 388 g/mol. The summed E-state index contributed by atoms with van der Waals surface area (Å²) in [7, 11) is 1.73. The fourth-order valence-electron chi connectivity index (χ4n) is 3.02. The first kappa shape index (κ1) is 18.6. The zero-order valence-electron chi connectivity index (χ0n) is 16.4. The molecule has 2 aromatic carbocycles. The van der Waals surface area contributed by atoms with Gasteiger partial charge < -0.3 is 13.8 Å². The molecule has 2 aromatic heterocycles. The second-order valence-corrected chi connectivity index (χ2v) is 6.95. The maximum atomic E-state index is 12.6. The zero-order valence-corrected chi connectivity index (χ0v) is 16.4. The SMILES string of the molecule is Cc1cccc(-c2nnc(-c3ccc(C(=O)N(C)Cc4cc(C)on4)cc3)o2)c1. The number of aromatic nitrogens is 3. The van der Waals surface area contributed by atoms with Gasteiger partial charge in [0.2, 0.25) is 11.8 Å². The lowest BCUT2D eigenvalue weighted by atomic mass is 10.1. The molecule has 0 aliphatic carbocycles. The van der Waals surface area contributed by atoms with Crippen LogP contribution in [-0.4, -0.2) is 33.2 Å². The molecule has 0 atom stereocenters. The third kappa shape index (κ3) is 4.08. The highest BCUT2D eigenvalue weighted by molar-refractivity contribution is 5.94. The summed E-state index contributed by atoms with van der Waals surface area (Å²) in [6, 6.07) is 16.8. The van der Waals surface area contributed by atoms with E-state index in [0.29, 0.717) is 29.6 Å². The van der Waals surface area contributed by atoms with Crippen LogP contribution in [0.4, 0.5) is 0 Å². The van der Waals surface area contributed by atoms with Crippen LogP contribution < -0.4 is 0 Å². The molecule has 0 saturated heterocycles. The van der Waals surface area contributed by atoms with Gasteiger partial charge in [-0.3, -0.25) is 4.79 Å². The number of carbonyl (C=O) groups excluding carboxylic acids is 1. The van der Waals surface area contributed by atoms with E-state index in [1.165, 1.54) is 0 Å². The molecule has 4 aromatic rings. The number of aryl methyl sites for hydroxylation is 2. The van der Waals surface area contributed by atoms with Crippen LogP contribution in [0.3, 0.4) is 0 Å². The van der Waals surface area contributed by atoms with Crippen LogP contribution in [0.5, 0.6) is 0 Å². The largest absolute Gasteiger partial charge is 0.416 e. The Labute approximate surface area is 168 Å². The monoisotopic (exact) mass is 388 g/mol. The van der Waals surface area contributed by atoms with E-state index >= 15 is 0 Å². The Morgan fingerprint density at radius 3 is 2.34 bits per heavy atom. The standard InChI is InChI=1S/C22H20N4O3/c1-14-5-4-6-18(11-14)21-24-23-20(28-21)16-7-9-17(10-8-16)22(27)26(3)13-19-12-15(2)29-25-19/h4-12H,13H2,1-3H3. The van der Waals surface area contributed by atoms with Gasteiger partial charge in [-0.2, -0.15) is 0 Å². The van der Waals surface area contributed by atoms with Crippen molar-refractivity contribution in [1.82, 2.24) is 20.3 Å². The van der Waals surface area contributed by atoms with Crippen molar-refractivity contribution >= 4 is 5.91 Å². The normalized spacial score (nSPS) is 10.9. The average Bonchev–Trinajstić information content (AvgIpc) is 3.37. The molecule has 7 nitrogen and oxygen atoms in total. The molecule has 1 amide bonds. The van der Waals surface area contributed by atoms with E-state index in [4.69, 9.17) is 8.94 Å². The number of rotatable bonds is 5. The van der Waals surface area contributed by atoms with Crippen LogP contribution in [-0.2, 0) is 6.54 Å². The van der Waals surface area contributed by atoms with Crippen molar-refractivity contribution in [2.45, 2.75) is 20.4 Å². The van der Waals surface area contributed by atoms with Gasteiger partial charge in [0.15, 0.2) is 0 Å². The van der Waals surface area contributed by atoms with E-state index in [1.54, 1.807) is 36.2 Å². The Morgan fingerprint density at radius 1 is 0.966 bits per heavy atom. The molecular formula is C22H20N4O3. The number of carbonyl (C=O) groups is 1. The van der Waals surface area contributed by atoms with Gasteiger partial charge in [-0.15, -0.1) is 10.2 Å². The van der Waals surface area contributed by atoms with Crippen molar-refractivity contribution in [3.05, 3.63) is 77.2 Å². The molecule has 0 N–H and O–H groups in total. The minimum Gasteiger partial charge on any atom is -0.416 e. The van der Waals surface area contributed by atoms with Crippen molar-refractivity contribution in [2.24, 2.45) is 0 Å². The molecule has 146 valence electrons. The van der Waals surface area contributed by atoms with E-state index < -0.39 is 0 Å². The lowest BCUT2D eigenvalue weighted by Gasteiger charge is -2.15. The lowest BCUT2D eigenvalue weighted by molar-refractivity contribution is 0.0782. The Balaban J connectivity index is 1.48. The van der Waals surface area contributed by atoms with Gasteiger partial charge in [0.05, 0.1) is 6.54 Å². The smallest absolute Gasteiger partial charge is 0.253 e. The molecule has 0 fully saturated rings. The summed E-state index contributed by atoms with van der Waals surface area (Å²) in [4.78, 5) is 14.2. The molecule has 4 rings (SSSR count). The summed E-state index contributed by atoms with van der Waals surface area (Å²) in [6.07, 6.45) is 0. The maximum absolute atomic E-state index is 12.6. The second-order valence-electron chi connectivity index (χ2n) is 6.95. The van der Waals surface area contributed by atoms with Crippen LogP contribution in [0, 0.1) is 13.8 Å². The van der Waals surface area contributed by atoms with Crippen molar-refractivity contribution in [3.63, 3.8) is 0 Å². The van der Waals surface area contributed by atoms with Crippen LogP contribution in [0.1, 0.15) is 27.4 Å². The van der Waals surface area contributed by atoms with Gasteiger partial charge >= 0.3 is 0 Å². The Hall–Kier alpha value is -3.74. The molecular weight excluding hydrogens is 368 g/mol. The Morgan fingerprint density at radius 2 is 1.69 bits per heavy atom. The summed E-state index contributed by atoms with van der Waals surface area (Å²) in [6.45, 7) is 4.21. The second kappa shape index (κ2) is 7.71. The Bertz CT molecular complexity index is 1140. The predicted octanol–water partition coefficient (Wildman–Crippen LogP) is 4.28. The first-order chi connectivity index (χ1) is 14.0. The fraction of sp³-hybridized carbons (Fsp3) is 0.182. The third-order valence-corrected chi connectivity index (χ3v) is 4.49. The lowest BCUT2D eigenvalue weighted by Crippen LogP contribution is -2.26. The van der Waals surface area contributed by atoms with Crippen molar-refractivity contribution in [2.75, 3.05) is 7.05 Å². The fourth-order valence-corrected chi connectivity index (χ4v) is 3.02. The van der Waals surface area contributed by atoms with Gasteiger partial charge in [0.1, 0.15) is 11.5 Å². The molecule has 7 heteroatoms. The number of amides is 1.